The van der Waals surface area contributed by atoms with Crippen molar-refractivity contribution < 1.29 is 19.7 Å². The molecule has 5 aliphatic rings. The number of phenols is 1. The van der Waals surface area contributed by atoms with Gasteiger partial charge in [0.05, 0.1) is 6.10 Å². The Hall–Kier alpha value is -1.81. The van der Waals surface area contributed by atoms with E-state index in [9.17, 15) is 15.0 Å². The molecular weight excluding hydrogens is 532 g/mol. The first-order valence-electron chi connectivity index (χ1n) is 17.5. The Kier molecular flexibility index (Phi) is 7.71. The minimum absolute atomic E-state index is 0.0288. The monoisotopic (exact) mass is 590 g/mol. The highest BCUT2D eigenvalue weighted by molar-refractivity contribution is 5.70. The van der Waals surface area contributed by atoms with E-state index in [4.69, 9.17) is 4.74 Å². The first-order chi connectivity index (χ1) is 20.1. The van der Waals surface area contributed by atoms with Gasteiger partial charge in [-0.1, -0.05) is 72.2 Å². The van der Waals surface area contributed by atoms with Gasteiger partial charge in [0.2, 0.25) is 0 Å². The van der Waals surface area contributed by atoms with Crippen LogP contribution in [0.15, 0.2) is 35.9 Å². The van der Waals surface area contributed by atoms with E-state index < -0.39 is 0 Å². The first-order valence-corrected chi connectivity index (χ1v) is 17.5. The quantitative estimate of drug-likeness (QED) is 0.271. The van der Waals surface area contributed by atoms with Crippen LogP contribution in [0.2, 0.25) is 0 Å². The number of rotatable bonds is 4. The second kappa shape index (κ2) is 10.6. The highest BCUT2D eigenvalue weighted by atomic mass is 16.5. The second-order valence-electron chi connectivity index (χ2n) is 17.6. The van der Waals surface area contributed by atoms with Crippen LogP contribution in [0.3, 0.4) is 0 Å². The average molecular weight is 591 g/mol. The summed E-state index contributed by atoms with van der Waals surface area (Å²) < 4.78 is 6.29. The summed E-state index contributed by atoms with van der Waals surface area (Å²) in [5, 5.41) is 20.5. The van der Waals surface area contributed by atoms with Gasteiger partial charge in [-0.25, -0.2) is 0 Å². The minimum Gasteiger partial charge on any atom is -0.508 e. The molecule has 1 aromatic carbocycles. The molecule has 238 valence electrons. The number of fused-ring (bicyclic) bond motifs is 6. The number of hydrogen-bond donors (Lipinski definition) is 2. The third kappa shape index (κ3) is 5.01. The summed E-state index contributed by atoms with van der Waals surface area (Å²) in [6.45, 7) is 17.2. The Bertz CT molecular complexity index is 1240. The van der Waals surface area contributed by atoms with Gasteiger partial charge in [-0.3, -0.25) is 4.79 Å². The summed E-state index contributed by atoms with van der Waals surface area (Å²) in [5.74, 6) is 2.57. The van der Waals surface area contributed by atoms with E-state index in [1.54, 1.807) is 17.7 Å². The maximum atomic E-state index is 13.1. The molecule has 9 atom stereocenters. The van der Waals surface area contributed by atoms with Crippen LogP contribution >= 0.6 is 0 Å². The van der Waals surface area contributed by atoms with Crippen molar-refractivity contribution >= 4 is 5.97 Å². The number of benzene rings is 1. The molecule has 9 unspecified atom stereocenters. The molecule has 0 spiro atoms. The summed E-state index contributed by atoms with van der Waals surface area (Å²) in [4.78, 5) is 13.1. The van der Waals surface area contributed by atoms with E-state index in [1.807, 2.05) is 12.1 Å². The maximum absolute atomic E-state index is 13.1. The Morgan fingerprint density at radius 1 is 0.814 bits per heavy atom. The van der Waals surface area contributed by atoms with Crippen molar-refractivity contribution in [2.24, 2.45) is 50.7 Å². The van der Waals surface area contributed by atoms with E-state index in [2.05, 4.69) is 54.5 Å². The van der Waals surface area contributed by atoms with Gasteiger partial charge in [-0.15, -0.1) is 0 Å². The minimum atomic E-state index is -0.189. The van der Waals surface area contributed by atoms with Crippen molar-refractivity contribution in [1.82, 2.24) is 0 Å². The Morgan fingerprint density at radius 3 is 2.23 bits per heavy atom. The van der Waals surface area contributed by atoms with Crippen LogP contribution in [-0.2, 0) is 16.0 Å². The molecule has 4 fully saturated rings. The lowest BCUT2D eigenvalue weighted by molar-refractivity contribution is -0.193. The predicted octanol–water partition coefficient (Wildman–Crippen LogP) is 9.03. The smallest absolute Gasteiger partial charge is 0.306 e. The lowest BCUT2D eigenvalue weighted by Gasteiger charge is -2.64. The summed E-state index contributed by atoms with van der Waals surface area (Å²) in [6.07, 6.45) is 15.0. The van der Waals surface area contributed by atoms with E-state index in [0.29, 0.717) is 41.9 Å². The van der Waals surface area contributed by atoms with Gasteiger partial charge >= 0.3 is 5.97 Å². The standard InChI is InChI=1S/C39H58O4/c1-35(2)29-15-11-26-24-37(5)21-18-30-36(3,4)33(43-34(42)17-10-25-8-12-27(40)13-9-25)20-23-39(30,7)31(37)16-14-28(26)38(29,6)22-19-32(35)41/h8-9,11-13,28-33,40-41H,10,14-24H2,1-7H3. The van der Waals surface area contributed by atoms with Crippen molar-refractivity contribution in [3.05, 3.63) is 41.5 Å². The Labute approximate surface area is 261 Å². The number of phenolic OH excluding ortho intramolecular Hbond substituents is 1. The number of esters is 1. The fraction of sp³-hybridized carbons (Fsp3) is 0.769. The van der Waals surface area contributed by atoms with Gasteiger partial charge < -0.3 is 14.9 Å². The second-order valence-corrected chi connectivity index (χ2v) is 17.6. The SMILES string of the molecule is CC12CCC3C(C)(C)C(OC(=O)CCc4ccc(O)cc4)CCC3(C)C1CCC1C(=CCC3C(C)(C)C(O)CCC13C)C2. The van der Waals surface area contributed by atoms with Crippen LogP contribution < -0.4 is 0 Å². The molecule has 0 aliphatic heterocycles. The summed E-state index contributed by atoms with van der Waals surface area (Å²) in [6, 6.07) is 7.13. The number of carbonyl (C=O) groups is 1. The molecule has 4 saturated carbocycles. The molecule has 0 aromatic heterocycles. The largest absolute Gasteiger partial charge is 0.508 e. The molecule has 1 aromatic rings. The van der Waals surface area contributed by atoms with E-state index in [-0.39, 0.29) is 45.6 Å². The number of aryl methyl sites for hydroxylation is 1. The van der Waals surface area contributed by atoms with Crippen LogP contribution in [-0.4, -0.2) is 28.4 Å². The Balaban J connectivity index is 1.18. The van der Waals surface area contributed by atoms with Crippen LogP contribution in [0.1, 0.15) is 125 Å². The lowest BCUT2D eigenvalue weighted by atomic mass is 9.42. The van der Waals surface area contributed by atoms with Crippen molar-refractivity contribution in [1.29, 1.82) is 0 Å². The highest BCUT2D eigenvalue weighted by Crippen LogP contribution is 2.70. The predicted molar refractivity (Wildman–Crippen MR) is 172 cm³/mol. The van der Waals surface area contributed by atoms with Crippen LogP contribution in [0.4, 0.5) is 0 Å². The number of aromatic hydroxyl groups is 1. The van der Waals surface area contributed by atoms with Crippen LogP contribution in [0.25, 0.3) is 0 Å². The van der Waals surface area contributed by atoms with Gasteiger partial charge in [-0.05, 0) is 134 Å². The van der Waals surface area contributed by atoms with E-state index in [0.717, 1.165) is 37.7 Å². The highest BCUT2D eigenvalue weighted by Gasteiger charge is 2.63. The summed E-state index contributed by atoms with van der Waals surface area (Å²) >= 11 is 0. The summed E-state index contributed by atoms with van der Waals surface area (Å²) in [5.41, 5.74) is 3.56. The molecule has 0 amide bonds. The number of aliphatic hydroxyl groups is 1. The zero-order valence-electron chi connectivity index (χ0n) is 28.0. The number of carbonyl (C=O) groups excluding carboxylic acids is 1. The van der Waals surface area contributed by atoms with Gasteiger partial charge in [0.1, 0.15) is 11.9 Å². The van der Waals surface area contributed by atoms with Gasteiger partial charge in [0.15, 0.2) is 0 Å². The van der Waals surface area contributed by atoms with Crippen molar-refractivity contribution in [2.45, 2.75) is 138 Å². The fourth-order valence-electron chi connectivity index (χ4n) is 12.3. The molecule has 2 N–H and O–H groups in total. The number of hydrogen-bond acceptors (Lipinski definition) is 4. The third-order valence-electron chi connectivity index (χ3n) is 14.7. The number of allylic oxidation sites excluding steroid dienone is 2. The third-order valence-corrected chi connectivity index (χ3v) is 14.7. The molecule has 0 saturated heterocycles. The van der Waals surface area contributed by atoms with E-state index in [1.165, 1.54) is 32.1 Å². The number of aliphatic hydroxyl groups excluding tert-OH is 1. The van der Waals surface area contributed by atoms with Crippen LogP contribution in [0, 0.1) is 50.7 Å². The fourth-order valence-corrected chi connectivity index (χ4v) is 12.3. The Morgan fingerprint density at radius 2 is 1.51 bits per heavy atom. The average Bonchev–Trinajstić information content (AvgIpc) is 3.09. The molecular formula is C39H58O4. The zero-order valence-corrected chi connectivity index (χ0v) is 28.0. The molecule has 4 heteroatoms. The van der Waals surface area contributed by atoms with Gasteiger partial charge in [-0.2, -0.15) is 0 Å². The molecule has 6 rings (SSSR count). The van der Waals surface area contributed by atoms with Crippen molar-refractivity contribution in [3.8, 4) is 5.75 Å². The molecule has 0 bridgehead atoms. The lowest BCUT2D eigenvalue weighted by Crippen LogP contribution is -2.59. The summed E-state index contributed by atoms with van der Waals surface area (Å²) in [7, 11) is 0. The topological polar surface area (TPSA) is 66.8 Å². The van der Waals surface area contributed by atoms with Crippen molar-refractivity contribution in [2.75, 3.05) is 0 Å². The normalized spacial score (nSPS) is 43.1. The van der Waals surface area contributed by atoms with Gasteiger partial charge in [0.25, 0.3) is 0 Å². The van der Waals surface area contributed by atoms with E-state index >= 15 is 0 Å². The zero-order chi connectivity index (χ0) is 31.0. The first kappa shape index (κ1) is 31.2. The van der Waals surface area contributed by atoms with Crippen LogP contribution in [0.5, 0.6) is 5.75 Å². The maximum Gasteiger partial charge on any atom is 0.306 e. The van der Waals surface area contributed by atoms with Crippen molar-refractivity contribution in [3.63, 3.8) is 0 Å². The molecule has 4 nitrogen and oxygen atoms in total. The molecule has 0 heterocycles. The molecule has 5 aliphatic carbocycles. The number of ether oxygens (including phenoxy) is 1. The molecule has 0 radical (unpaired) electrons. The van der Waals surface area contributed by atoms with Gasteiger partial charge in [0, 0.05) is 11.8 Å². The molecule has 43 heavy (non-hydrogen) atoms.